The molecule has 0 bridgehead atoms. The van der Waals surface area contributed by atoms with Gasteiger partial charge in [0.15, 0.2) is 8.32 Å². The average molecular weight is 606 g/mol. The van der Waals surface area contributed by atoms with Gasteiger partial charge < -0.3 is 9.53 Å². The van der Waals surface area contributed by atoms with Crippen LogP contribution in [0.3, 0.4) is 0 Å². The number of alkyl halides is 8. The fraction of sp³-hybridized carbons (Fsp3) is 0.818. The van der Waals surface area contributed by atoms with Crippen molar-refractivity contribution in [3.63, 3.8) is 0 Å². The Balaban J connectivity index is -0.000000392. The van der Waals surface area contributed by atoms with Crippen LogP contribution in [-0.4, -0.2) is 65.2 Å². The lowest BCUT2D eigenvalue weighted by Gasteiger charge is -2.33. The molecule has 2 unspecified atom stereocenters. The third-order valence-electron chi connectivity index (χ3n) is 2.15. The largest absolute Gasteiger partial charge is 0.431 e. The molecule has 0 amide bonds. The number of rotatable bonds is 4. The maximum absolute atomic E-state index is 12.6. The third-order valence-corrected chi connectivity index (χ3v) is 4.72. The van der Waals surface area contributed by atoms with Gasteiger partial charge in [0.2, 0.25) is 0 Å². The maximum Gasteiger partial charge on any atom is 0.431 e. The van der Waals surface area contributed by atoms with Gasteiger partial charge in [-0.2, -0.15) is 45.3 Å². The van der Waals surface area contributed by atoms with Crippen molar-refractivity contribution in [2.24, 2.45) is 0 Å². The Bertz CT molecular complexity index is 695. The summed E-state index contributed by atoms with van der Waals surface area (Å²) in [6, 6.07) is 1.95. The highest BCUT2D eigenvalue weighted by Gasteiger charge is 2.58. The Labute approximate surface area is 180 Å². The zero-order chi connectivity index (χ0) is 24.5. The molecule has 172 valence electrons. The Hall–Kier alpha value is -0.473. The molecule has 2 atom stereocenters. The number of halogens is 8. The van der Waals surface area contributed by atoms with Gasteiger partial charge in [0.05, 0.1) is 10.7 Å². The highest BCUT2D eigenvalue weighted by Crippen LogP contribution is 2.37. The summed E-state index contributed by atoms with van der Waals surface area (Å²) in [4.78, 5) is 0. The van der Waals surface area contributed by atoms with Crippen molar-refractivity contribution < 1.29 is 53.4 Å². The molecule has 0 radical (unpaired) electrons. The van der Waals surface area contributed by atoms with Crippen LogP contribution in [-0.2, 0) is 14.8 Å². The normalized spacial score (nSPS) is 16.4. The molecule has 0 saturated heterocycles. The predicted molar refractivity (Wildman–Crippen MR) is 97.2 cm³/mol. The van der Waals surface area contributed by atoms with Gasteiger partial charge in [-0.05, 0) is 19.6 Å². The summed E-state index contributed by atoms with van der Waals surface area (Å²) < 4.78 is 109. The van der Waals surface area contributed by atoms with E-state index in [0.29, 0.717) is 0 Å². The zero-order valence-electron chi connectivity index (χ0n) is 14.8. The van der Waals surface area contributed by atoms with E-state index in [1.54, 1.807) is 19.6 Å². The molecule has 29 heavy (non-hydrogen) atoms. The lowest BCUT2D eigenvalue weighted by atomic mass is 10.1. The second-order valence-corrected chi connectivity index (χ2v) is 12.3. The Morgan fingerprint density at radius 2 is 1.28 bits per heavy atom. The van der Waals surface area contributed by atoms with E-state index in [4.69, 9.17) is 37.6 Å². The van der Waals surface area contributed by atoms with Gasteiger partial charge in [-0.3, -0.25) is 9.11 Å². The number of nitriles is 2. The summed E-state index contributed by atoms with van der Waals surface area (Å²) in [5.41, 5.74) is -5.97. The van der Waals surface area contributed by atoms with Crippen LogP contribution in [0.1, 0.15) is 0 Å². The van der Waals surface area contributed by atoms with Crippen molar-refractivity contribution in [1.29, 1.82) is 10.5 Å². The first-order valence-corrected chi connectivity index (χ1v) is 13.7. The van der Waals surface area contributed by atoms with Crippen LogP contribution in [0.5, 0.6) is 0 Å². The second-order valence-electron chi connectivity index (χ2n) is 5.84. The van der Waals surface area contributed by atoms with Crippen molar-refractivity contribution in [2.75, 3.05) is 10.7 Å². The van der Waals surface area contributed by atoms with Crippen LogP contribution in [0, 0.1) is 22.7 Å². The van der Waals surface area contributed by atoms with Gasteiger partial charge in [0.25, 0.3) is 11.2 Å². The van der Waals surface area contributed by atoms with Crippen LogP contribution in [0.4, 0.5) is 26.3 Å². The van der Waals surface area contributed by atoms with Crippen LogP contribution in [0.2, 0.25) is 19.6 Å². The lowest BCUT2D eigenvalue weighted by Crippen LogP contribution is -2.53. The zero-order valence-corrected chi connectivity index (χ0v) is 19.8. The number of hydrogen-bond acceptors (Lipinski definition) is 6. The topological polar surface area (TPSA) is 152 Å². The van der Waals surface area contributed by atoms with Gasteiger partial charge in [0, 0.05) is 0 Å². The number of aliphatic hydroxyl groups is 1. The van der Waals surface area contributed by atoms with Crippen LogP contribution < -0.4 is 0 Å². The standard InChI is InChI=1S/C7H11BrF3NOSi.C4H3BrF3NO.H2O4S/c1-14(2,3)13-6(4-8,5-12)7(9,10)11;5-1-3(10,2-9)4(6,7)8;1-5(2,3)4/h4H2,1-3H3;10H,1H2;(H2,1,2,3,4). The van der Waals surface area contributed by atoms with Crippen molar-refractivity contribution in [1.82, 2.24) is 0 Å². The summed E-state index contributed by atoms with van der Waals surface area (Å²) >= 11 is 5.05. The molecule has 3 N–H and O–H groups in total. The Morgan fingerprint density at radius 1 is 0.931 bits per heavy atom. The maximum atomic E-state index is 12.6. The molecule has 0 rings (SSSR count). The smallest absolute Gasteiger partial charge is 0.393 e. The monoisotopic (exact) mass is 604 g/mol. The molecule has 0 aliphatic rings. The molecule has 0 heterocycles. The quantitative estimate of drug-likeness (QED) is 0.144. The minimum absolute atomic E-state index is 0.565. The van der Waals surface area contributed by atoms with E-state index in [-0.39, 0.29) is 0 Å². The van der Waals surface area contributed by atoms with Gasteiger partial charge >= 0.3 is 22.8 Å². The highest BCUT2D eigenvalue weighted by molar-refractivity contribution is 9.09. The molecule has 8 nitrogen and oxygen atoms in total. The fourth-order valence-electron chi connectivity index (χ4n) is 0.969. The van der Waals surface area contributed by atoms with E-state index in [0.717, 1.165) is 6.07 Å². The summed E-state index contributed by atoms with van der Waals surface area (Å²) in [5, 5.41) is 23.5. The van der Waals surface area contributed by atoms with Crippen molar-refractivity contribution in [3.8, 4) is 12.1 Å². The second kappa shape index (κ2) is 11.8. The number of nitrogens with zero attached hydrogens (tertiary/aromatic N) is 2. The molecule has 0 aromatic rings. The van der Waals surface area contributed by atoms with Crippen LogP contribution in [0.15, 0.2) is 0 Å². The van der Waals surface area contributed by atoms with Crippen LogP contribution in [0.25, 0.3) is 0 Å². The summed E-state index contributed by atoms with van der Waals surface area (Å²) in [5.74, 6) is 0. The van der Waals surface area contributed by atoms with Crippen molar-refractivity contribution in [3.05, 3.63) is 0 Å². The van der Waals surface area contributed by atoms with E-state index < -0.39 is 52.9 Å². The molecular weight excluding hydrogens is 590 g/mol. The highest BCUT2D eigenvalue weighted by atomic mass is 79.9. The van der Waals surface area contributed by atoms with E-state index in [2.05, 4.69) is 31.9 Å². The summed E-state index contributed by atoms with van der Waals surface area (Å²) in [7, 11) is -7.08. The molecule has 0 aliphatic heterocycles. The minimum Gasteiger partial charge on any atom is -0.393 e. The molecule has 18 heteroatoms. The summed E-state index contributed by atoms with van der Waals surface area (Å²) in [6.45, 7) is 4.81. The average Bonchev–Trinajstić information content (AvgIpc) is 2.47. The first-order chi connectivity index (χ1) is 12.4. The van der Waals surface area contributed by atoms with E-state index in [1.807, 2.05) is 0 Å². The third kappa shape index (κ3) is 14.2. The molecule has 0 aliphatic carbocycles. The molecule has 0 saturated carbocycles. The number of hydrogen-bond donors (Lipinski definition) is 3. The van der Waals surface area contributed by atoms with E-state index in [9.17, 15) is 26.3 Å². The van der Waals surface area contributed by atoms with E-state index >= 15 is 0 Å². The Morgan fingerprint density at radius 3 is 1.31 bits per heavy atom. The molecule has 0 aromatic heterocycles. The first kappa shape index (κ1) is 33.2. The molecule has 0 aromatic carbocycles. The SMILES string of the molecule is C[Si](C)(C)OC(C#N)(CBr)C(F)(F)F.N#CC(O)(CBr)C(F)(F)F.O=S(=O)(O)O. The lowest BCUT2D eigenvalue weighted by molar-refractivity contribution is -0.226. The predicted octanol–water partition coefficient (Wildman–Crippen LogP) is 3.60. The minimum atomic E-state index is -4.90. The van der Waals surface area contributed by atoms with Gasteiger partial charge in [-0.1, -0.05) is 31.9 Å². The molecule has 0 fully saturated rings. The first-order valence-electron chi connectivity index (χ1n) is 6.65. The Kier molecular flexibility index (Phi) is 13.5. The van der Waals surface area contributed by atoms with Crippen LogP contribution >= 0.6 is 31.9 Å². The summed E-state index contributed by atoms with van der Waals surface area (Å²) in [6.07, 6.45) is -9.57. The van der Waals surface area contributed by atoms with E-state index in [1.165, 1.54) is 6.07 Å². The van der Waals surface area contributed by atoms with Gasteiger partial charge in [0.1, 0.15) is 12.1 Å². The van der Waals surface area contributed by atoms with Crippen molar-refractivity contribution in [2.45, 2.75) is 43.2 Å². The van der Waals surface area contributed by atoms with Gasteiger partial charge in [-0.15, -0.1) is 0 Å². The molecule has 0 spiro atoms. The van der Waals surface area contributed by atoms with Crippen molar-refractivity contribution >= 4 is 50.6 Å². The van der Waals surface area contributed by atoms with Gasteiger partial charge in [-0.25, -0.2) is 0 Å². The molecular formula is C11H16Br2F6N2O6SSi. The fourth-order valence-corrected chi connectivity index (χ4v) is 3.46.